The lowest BCUT2D eigenvalue weighted by Gasteiger charge is -2.08. The average Bonchev–Trinajstić information content (AvgIpc) is 2.85. The molecule has 0 aliphatic heterocycles. The van der Waals surface area contributed by atoms with Crippen molar-refractivity contribution in [1.82, 2.24) is 4.98 Å². The molecule has 3 aromatic rings. The van der Waals surface area contributed by atoms with Gasteiger partial charge in [0.25, 0.3) is 0 Å². The zero-order valence-corrected chi connectivity index (χ0v) is 12.9. The average molecular weight is 337 g/mol. The van der Waals surface area contributed by atoms with Gasteiger partial charge in [-0.25, -0.2) is 4.98 Å². The summed E-state index contributed by atoms with van der Waals surface area (Å²) in [5.74, 6) is 0.847. The van der Waals surface area contributed by atoms with Crippen LogP contribution >= 0.6 is 15.9 Å². The van der Waals surface area contributed by atoms with Crippen molar-refractivity contribution in [3.05, 3.63) is 76.4 Å². The van der Waals surface area contributed by atoms with Crippen LogP contribution < -0.4 is 5.32 Å². The first-order chi connectivity index (χ1) is 10.3. The maximum Gasteiger partial charge on any atom is 0.131 e. The van der Waals surface area contributed by atoms with Crippen LogP contribution in [-0.2, 0) is 6.42 Å². The van der Waals surface area contributed by atoms with E-state index in [0.717, 1.165) is 22.5 Å². The van der Waals surface area contributed by atoms with E-state index in [4.69, 9.17) is 0 Å². The normalized spacial score (nSPS) is 11.9. The summed E-state index contributed by atoms with van der Waals surface area (Å²) in [4.78, 5) is 4.41. The second-order valence-corrected chi connectivity index (χ2v) is 5.99. The Morgan fingerprint density at radius 1 is 0.857 bits per heavy atom. The van der Waals surface area contributed by atoms with E-state index in [1.54, 1.807) is 0 Å². The first-order valence-corrected chi connectivity index (χ1v) is 7.70. The van der Waals surface area contributed by atoms with Gasteiger partial charge in [-0.05, 0) is 68.9 Å². The van der Waals surface area contributed by atoms with E-state index in [1.807, 2.05) is 18.2 Å². The van der Waals surface area contributed by atoms with Crippen LogP contribution in [0.5, 0.6) is 0 Å². The predicted molar refractivity (Wildman–Crippen MR) is 89.9 cm³/mol. The molecule has 0 atom stereocenters. The molecule has 3 heteroatoms. The molecule has 0 spiro atoms. The second kappa shape index (κ2) is 5.01. The monoisotopic (exact) mass is 336 g/mol. The summed E-state index contributed by atoms with van der Waals surface area (Å²) < 4.78 is 0.834. The summed E-state index contributed by atoms with van der Waals surface area (Å²) in [5.41, 5.74) is 6.56. The smallest absolute Gasteiger partial charge is 0.131 e. The SMILES string of the molecule is Brc1cccc(Nc2ccc3c(c2)Cc2ccccc2-3)n1. The van der Waals surface area contributed by atoms with Crippen LogP contribution in [0.4, 0.5) is 11.5 Å². The van der Waals surface area contributed by atoms with Crippen molar-refractivity contribution in [3.63, 3.8) is 0 Å². The molecule has 1 aliphatic carbocycles. The van der Waals surface area contributed by atoms with Gasteiger partial charge in [-0.1, -0.05) is 36.4 Å². The van der Waals surface area contributed by atoms with Crippen molar-refractivity contribution in [2.75, 3.05) is 5.32 Å². The lowest BCUT2D eigenvalue weighted by Crippen LogP contribution is -1.94. The van der Waals surface area contributed by atoms with Gasteiger partial charge in [-0.15, -0.1) is 0 Å². The fourth-order valence-corrected chi connectivity index (χ4v) is 3.19. The lowest BCUT2D eigenvalue weighted by atomic mass is 10.1. The molecule has 2 nitrogen and oxygen atoms in total. The number of aromatic nitrogens is 1. The van der Waals surface area contributed by atoms with Gasteiger partial charge in [0.15, 0.2) is 0 Å². The Hall–Kier alpha value is -2.13. The molecule has 0 unspecified atom stereocenters. The summed E-state index contributed by atoms with van der Waals surface area (Å²) in [6.45, 7) is 0. The summed E-state index contributed by atoms with van der Waals surface area (Å²) in [6.07, 6.45) is 1.01. The third-order valence-electron chi connectivity index (χ3n) is 3.78. The highest BCUT2D eigenvalue weighted by molar-refractivity contribution is 9.10. The van der Waals surface area contributed by atoms with E-state index in [0.29, 0.717) is 0 Å². The van der Waals surface area contributed by atoms with E-state index in [-0.39, 0.29) is 0 Å². The van der Waals surface area contributed by atoms with Crippen molar-refractivity contribution < 1.29 is 0 Å². The molecule has 2 aromatic carbocycles. The molecule has 4 rings (SSSR count). The molecule has 0 radical (unpaired) electrons. The number of halogens is 1. The number of fused-ring (bicyclic) bond motifs is 3. The molecule has 0 amide bonds. The zero-order chi connectivity index (χ0) is 14.2. The Kier molecular flexibility index (Phi) is 3.00. The number of pyridine rings is 1. The standard InChI is InChI=1S/C18H13BrN2/c19-17-6-3-7-18(21-17)20-14-8-9-16-13(11-14)10-12-4-1-2-5-15(12)16/h1-9,11H,10H2,(H,20,21). The minimum absolute atomic E-state index is 0.834. The second-order valence-electron chi connectivity index (χ2n) is 5.18. The quantitative estimate of drug-likeness (QED) is 0.511. The van der Waals surface area contributed by atoms with E-state index < -0.39 is 0 Å². The number of anilines is 2. The highest BCUT2D eigenvalue weighted by Gasteiger charge is 2.17. The van der Waals surface area contributed by atoms with Gasteiger partial charge >= 0.3 is 0 Å². The van der Waals surface area contributed by atoms with Gasteiger partial charge in [0, 0.05) is 5.69 Å². The van der Waals surface area contributed by atoms with Crippen molar-refractivity contribution in [2.45, 2.75) is 6.42 Å². The molecule has 0 saturated heterocycles. The predicted octanol–water partition coefficient (Wildman–Crippen LogP) is 5.16. The molecule has 21 heavy (non-hydrogen) atoms. The van der Waals surface area contributed by atoms with Crippen LogP contribution in [0.1, 0.15) is 11.1 Å². The Labute approximate surface area is 132 Å². The molecular weight excluding hydrogens is 324 g/mol. The molecule has 102 valence electrons. The fraction of sp³-hybridized carbons (Fsp3) is 0.0556. The van der Waals surface area contributed by atoms with Crippen LogP contribution in [0.3, 0.4) is 0 Å². The first kappa shape index (κ1) is 12.6. The number of hydrogen-bond donors (Lipinski definition) is 1. The molecule has 0 saturated carbocycles. The van der Waals surface area contributed by atoms with Gasteiger partial charge in [-0.3, -0.25) is 0 Å². The number of rotatable bonds is 2. The van der Waals surface area contributed by atoms with E-state index >= 15 is 0 Å². The largest absolute Gasteiger partial charge is 0.340 e. The van der Waals surface area contributed by atoms with Crippen molar-refractivity contribution >= 4 is 27.4 Å². The van der Waals surface area contributed by atoms with Crippen molar-refractivity contribution in [1.29, 1.82) is 0 Å². The van der Waals surface area contributed by atoms with Crippen LogP contribution in [0.15, 0.2) is 65.3 Å². The lowest BCUT2D eigenvalue weighted by molar-refractivity contribution is 1.25. The first-order valence-electron chi connectivity index (χ1n) is 6.90. The Morgan fingerprint density at radius 3 is 2.62 bits per heavy atom. The molecule has 1 aliphatic rings. The van der Waals surface area contributed by atoms with Crippen LogP contribution in [0.2, 0.25) is 0 Å². The number of benzene rings is 2. The van der Waals surface area contributed by atoms with Gasteiger partial charge in [0.05, 0.1) is 0 Å². The third kappa shape index (κ3) is 2.34. The molecule has 0 fully saturated rings. The van der Waals surface area contributed by atoms with Gasteiger partial charge in [0.1, 0.15) is 10.4 Å². The maximum absolute atomic E-state index is 4.41. The van der Waals surface area contributed by atoms with E-state index in [9.17, 15) is 0 Å². The van der Waals surface area contributed by atoms with Gasteiger partial charge < -0.3 is 5.32 Å². The molecule has 0 bridgehead atoms. The van der Waals surface area contributed by atoms with Crippen LogP contribution in [0.25, 0.3) is 11.1 Å². The summed E-state index contributed by atoms with van der Waals surface area (Å²) in [7, 11) is 0. The highest BCUT2D eigenvalue weighted by Crippen LogP contribution is 2.37. The topological polar surface area (TPSA) is 24.9 Å². The number of nitrogens with zero attached hydrogens (tertiary/aromatic N) is 1. The number of hydrogen-bond acceptors (Lipinski definition) is 2. The zero-order valence-electron chi connectivity index (χ0n) is 11.3. The summed E-state index contributed by atoms with van der Waals surface area (Å²) in [5, 5.41) is 3.36. The van der Waals surface area contributed by atoms with Crippen molar-refractivity contribution in [3.8, 4) is 11.1 Å². The maximum atomic E-state index is 4.41. The van der Waals surface area contributed by atoms with Crippen LogP contribution in [0, 0.1) is 0 Å². The van der Waals surface area contributed by atoms with Crippen LogP contribution in [-0.4, -0.2) is 4.98 Å². The van der Waals surface area contributed by atoms with Gasteiger partial charge in [0.2, 0.25) is 0 Å². The third-order valence-corrected chi connectivity index (χ3v) is 4.22. The molecule has 1 N–H and O–H groups in total. The minimum Gasteiger partial charge on any atom is -0.340 e. The Morgan fingerprint density at radius 2 is 1.71 bits per heavy atom. The Bertz CT molecular complexity index is 827. The van der Waals surface area contributed by atoms with E-state index in [2.05, 4.69) is 68.7 Å². The fourth-order valence-electron chi connectivity index (χ4n) is 2.85. The molecule has 1 aromatic heterocycles. The number of nitrogens with one attached hydrogen (secondary N) is 1. The molecule has 1 heterocycles. The van der Waals surface area contributed by atoms with Gasteiger partial charge in [-0.2, -0.15) is 0 Å². The summed E-state index contributed by atoms with van der Waals surface area (Å²) in [6, 6.07) is 21.0. The molecular formula is C18H13BrN2. The van der Waals surface area contributed by atoms with E-state index in [1.165, 1.54) is 22.3 Å². The van der Waals surface area contributed by atoms with Crippen molar-refractivity contribution in [2.24, 2.45) is 0 Å². The highest BCUT2D eigenvalue weighted by atomic mass is 79.9. The summed E-state index contributed by atoms with van der Waals surface area (Å²) >= 11 is 3.39. The Balaban J connectivity index is 1.67. The minimum atomic E-state index is 0.834.